The van der Waals surface area contributed by atoms with E-state index in [0.717, 1.165) is 0 Å². The van der Waals surface area contributed by atoms with Gasteiger partial charge in [-0.25, -0.2) is 15.6 Å². The number of pyridine rings is 1. The molecule has 0 fully saturated rings. The number of carbonyl (C=O) groups is 2. The molecule has 0 aromatic carbocycles. The Hall–Kier alpha value is -2.15. The van der Waals surface area contributed by atoms with Crippen molar-refractivity contribution in [1.29, 1.82) is 0 Å². The lowest BCUT2D eigenvalue weighted by Gasteiger charge is -2.21. The average molecular weight is 281 g/mol. The first-order valence-corrected chi connectivity index (χ1v) is 6.12. The number of nitrogens with two attached hydrogens (primary N) is 1. The number of nitrogens with zero attached hydrogens (tertiary/aromatic N) is 2. The van der Waals surface area contributed by atoms with Gasteiger partial charge in [0.05, 0.1) is 12.0 Å². The van der Waals surface area contributed by atoms with Crippen LogP contribution in [-0.2, 0) is 9.53 Å². The van der Waals surface area contributed by atoms with Crippen LogP contribution in [0, 0.1) is 0 Å². The number of hydrogen-bond acceptors (Lipinski definition) is 6. The summed E-state index contributed by atoms with van der Waals surface area (Å²) in [6.07, 6.45) is 1.33. The molecule has 7 nitrogen and oxygen atoms in total. The monoisotopic (exact) mass is 281 g/mol. The molecule has 0 aliphatic heterocycles. The molecule has 7 heteroatoms. The van der Waals surface area contributed by atoms with Crippen LogP contribution in [0.2, 0.25) is 0 Å². The van der Waals surface area contributed by atoms with Gasteiger partial charge in [-0.2, -0.15) is 0 Å². The minimum absolute atomic E-state index is 0.0780. The van der Waals surface area contributed by atoms with E-state index in [9.17, 15) is 9.59 Å². The summed E-state index contributed by atoms with van der Waals surface area (Å²) in [5.41, 5.74) is -0.452. The molecule has 3 N–H and O–H groups in total. The Morgan fingerprint density at radius 2 is 2.05 bits per heavy atom. The molecule has 1 aromatic rings. The number of aromatic carboxylic acids is 1. The summed E-state index contributed by atoms with van der Waals surface area (Å²) in [7, 11) is 0. The molecule has 0 aliphatic carbocycles. The van der Waals surface area contributed by atoms with Gasteiger partial charge < -0.3 is 9.84 Å². The Balaban J connectivity index is 2.52. The van der Waals surface area contributed by atoms with E-state index >= 15 is 0 Å². The van der Waals surface area contributed by atoms with E-state index in [1.54, 1.807) is 20.8 Å². The molecule has 0 bridgehead atoms. The number of carbonyl (C=O) groups excluding carboxylic acids is 1. The summed E-state index contributed by atoms with van der Waals surface area (Å²) in [5.74, 6) is 4.73. The Labute approximate surface area is 117 Å². The Morgan fingerprint density at radius 3 is 2.50 bits per heavy atom. The second kappa shape index (κ2) is 6.33. The van der Waals surface area contributed by atoms with E-state index in [0.29, 0.717) is 5.82 Å². The van der Waals surface area contributed by atoms with Crippen molar-refractivity contribution in [2.75, 3.05) is 11.6 Å². The van der Waals surface area contributed by atoms with Gasteiger partial charge in [-0.15, -0.1) is 0 Å². The zero-order valence-corrected chi connectivity index (χ0v) is 11.8. The highest BCUT2D eigenvalue weighted by molar-refractivity contribution is 5.87. The Kier molecular flexibility index (Phi) is 5.04. The number of hydrogen-bond donors (Lipinski definition) is 2. The van der Waals surface area contributed by atoms with Crippen LogP contribution in [0.4, 0.5) is 5.82 Å². The molecule has 1 rings (SSSR count). The fourth-order valence-electron chi connectivity index (χ4n) is 1.40. The number of hydrazine groups is 1. The third-order valence-electron chi connectivity index (χ3n) is 2.27. The molecule has 110 valence electrons. The average Bonchev–Trinajstić information content (AvgIpc) is 2.34. The van der Waals surface area contributed by atoms with E-state index in [1.807, 2.05) is 0 Å². The number of rotatable bonds is 5. The molecule has 20 heavy (non-hydrogen) atoms. The second-order valence-corrected chi connectivity index (χ2v) is 5.24. The van der Waals surface area contributed by atoms with Crippen molar-refractivity contribution in [2.24, 2.45) is 5.84 Å². The SMILES string of the molecule is CC(C)(C)OC(=O)CCN(N)c1ccc(C(=O)O)cn1. The van der Waals surface area contributed by atoms with Crippen molar-refractivity contribution in [3.05, 3.63) is 23.9 Å². The van der Waals surface area contributed by atoms with Crippen LogP contribution >= 0.6 is 0 Å². The van der Waals surface area contributed by atoms with Crippen molar-refractivity contribution in [3.8, 4) is 0 Å². The Bertz CT molecular complexity index is 479. The number of esters is 1. The molecule has 0 aliphatic rings. The molecular formula is C13H19N3O4. The standard InChI is InChI=1S/C13H19N3O4/c1-13(2,3)20-11(17)6-7-16(14)10-5-4-9(8-15-10)12(18)19/h4-5,8H,6-7,14H2,1-3H3,(H,18,19). The molecule has 0 radical (unpaired) electrons. The molecule has 0 saturated heterocycles. The third kappa shape index (κ3) is 5.23. The van der Waals surface area contributed by atoms with Crippen molar-refractivity contribution in [2.45, 2.75) is 32.8 Å². The van der Waals surface area contributed by atoms with Crippen LogP contribution in [0.15, 0.2) is 18.3 Å². The molecule has 0 atom stereocenters. The quantitative estimate of drug-likeness (QED) is 0.474. The minimum atomic E-state index is -1.05. The summed E-state index contributed by atoms with van der Waals surface area (Å²) in [6, 6.07) is 2.89. The zero-order valence-electron chi connectivity index (χ0n) is 11.8. The van der Waals surface area contributed by atoms with Crippen molar-refractivity contribution in [1.82, 2.24) is 4.98 Å². The zero-order chi connectivity index (χ0) is 15.3. The maximum absolute atomic E-state index is 11.5. The smallest absolute Gasteiger partial charge is 0.337 e. The summed E-state index contributed by atoms with van der Waals surface area (Å²) in [6.45, 7) is 5.60. The van der Waals surface area contributed by atoms with Crippen LogP contribution in [0.3, 0.4) is 0 Å². The third-order valence-corrected chi connectivity index (χ3v) is 2.27. The van der Waals surface area contributed by atoms with E-state index in [4.69, 9.17) is 15.7 Å². The maximum Gasteiger partial charge on any atom is 0.337 e. The first-order valence-electron chi connectivity index (χ1n) is 6.12. The highest BCUT2D eigenvalue weighted by Gasteiger charge is 2.17. The van der Waals surface area contributed by atoms with Gasteiger partial charge in [0.25, 0.3) is 0 Å². The van der Waals surface area contributed by atoms with E-state index in [1.165, 1.54) is 23.3 Å². The Morgan fingerprint density at radius 1 is 1.40 bits per heavy atom. The summed E-state index contributed by atoms with van der Waals surface area (Å²) in [4.78, 5) is 26.1. The van der Waals surface area contributed by atoms with Gasteiger partial charge in [-0.1, -0.05) is 0 Å². The fraction of sp³-hybridized carbons (Fsp3) is 0.462. The molecule has 0 saturated carbocycles. The molecular weight excluding hydrogens is 262 g/mol. The highest BCUT2D eigenvalue weighted by atomic mass is 16.6. The lowest BCUT2D eigenvalue weighted by atomic mass is 10.2. The normalized spacial score (nSPS) is 11.0. The predicted molar refractivity (Wildman–Crippen MR) is 73.2 cm³/mol. The van der Waals surface area contributed by atoms with Gasteiger partial charge in [-0.05, 0) is 32.9 Å². The number of ether oxygens (including phenoxy) is 1. The van der Waals surface area contributed by atoms with Gasteiger partial charge in [0.1, 0.15) is 11.4 Å². The second-order valence-electron chi connectivity index (χ2n) is 5.24. The summed E-state index contributed by atoms with van der Waals surface area (Å²) in [5, 5.41) is 10.0. The maximum atomic E-state index is 11.5. The van der Waals surface area contributed by atoms with E-state index in [2.05, 4.69) is 4.98 Å². The highest BCUT2D eigenvalue weighted by Crippen LogP contribution is 2.11. The first kappa shape index (κ1) is 15.9. The number of aromatic nitrogens is 1. The fourth-order valence-corrected chi connectivity index (χ4v) is 1.40. The van der Waals surface area contributed by atoms with Gasteiger partial charge in [-0.3, -0.25) is 9.80 Å². The lowest BCUT2D eigenvalue weighted by Crippen LogP contribution is -2.35. The van der Waals surface area contributed by atoms with Crippen LogP contribution in [0.1, 0.15) is 37.6 Å². The van der Waals surface area contributed by atoms with E-state index < -0.39 is 11.6 Å². The topological polar surface area (TPSA) is 106 Å². The van der Waals surface area contributed by atoms with Crippen molar-refractivity contribution < 1.29 is 19.4 Å². The molecule has 1 aromatic heterocycles. The number of carboxylic acid groups (broad SMARTS) is 1. The van der Waals surface area contributed by atoms with Crippen LogP contribution in [0.5, 0.6) is 0 Å². The molecule has 0 amide bonds. The summed E-state index contributed by atoms with van der Waals surface area (Å²) < 4.78 is 5.16. The number of anilines is 1. The lowest BCUT2D eigenvalue weighted by molar-refractivity contribution is -0.154. The summed E-state index contributed by atoms with van der Waals surface area (Å²) >= 11 is 0. The molecule has 1 heterocycles. The molecule has 0 unspecified atom stereocenters. The van der Waals surface area contributed by atoms with Gasteiger partial charge in [0.2, 0.25) is 0 Å². The van der Waals surface area contributed by atoms with E-state index in [-0.39, 0.29) is 24.5 Å². The van der Waals surface area contributed by atoms with Crippen LogP contribution < -0.4 is 10.9 Å². The van der Waals surface area contributed by atoms with Crippen LogP contribution in [-0.4, -0.2) is 34.2 Å². The van der Waals surface area contributed by atoms with Crippen LogP contribution in [0.25, 0.3) is 0 Å². The van der Waals surface area contributed by atoms with Gasteiger partial charge in [0, 0.05) is 12.7 Å². The number of carboxylic acids is 1. The van der Waals surface area contributed by atoms with Gasteiger partial charge in [0.15, 0.2) is 0 Å². The van der Waals surface area contributed by atoms with Crippen molar-refractivity contribution in [3.63, 3.8) is 0 Å². The molecule has 0 spiro atoms. The minimum Gasteiger partial charge on any atom is -0.478 e. The predicted octanol–water partition coefficient (Wildman–Crippen LogP) is 1.19. The first-order chi connectivity index (χ1) is 9.19. The van der Waals surface area contributed by atoms with Crippen molar-refractivity contribution >= 4 is 17.8 Å². The van der Waals surface area contributed by atoms with Gasteiger partial charge >= 0.3 is 11.9 Å². The largest absolute Gasteiger partial charge is 0.478 e.